The second-order valence-electron chi connectivity index (χ2n) is 7.30. The summed E-state index contributed by atoms with van der Waals surface area (Å²) in [6.45, 7) is 1.63. The van der Waals surface area contributed by atoms with Crippen LogP contribution in [0.5, 0.6) is 5.75 Å². The first kappa shape index (κ1) is 19.2. The van der Waals surface area contributed by atoms with Gasteiger partial charge < -0.3 is 19.6 Å². The SMILES string of the molecule is COc1ccccc1N1CC(C(=O)N2CCCC(CCC(=O)O)C2)CC1=O. The summed E-state index contributed by atoms with van der Waals surface area (Å²) >= 11 is 0. The zero-order valence-electron chi connectivity index (χ0n) is 15.6. The highest BCUT2D eigenvalue weighted by atomic mass is 16.5. The lowest BCUT2D eigenvalue weighted by Crippen LogP contribution is -2.43. The van der Waals surface area contributed by atoms with Crippen molar-refractivity contribution in [1.29, 1.82) is 0 Å². The van der Waals surface area contributed by atoms with Crippen LogP contribution in [0, 0.1) is 11.8 Å². The van der Waals surface area contributed by atoms with Gasteiger partial charge in [0.2, 0.25) is 11.8 Å². The van der Waals surface area contributed by atoms with Crippen molar-refractivity contribution in [3.8, 4) is 5.75 Å². The number of benzene rings is 1. The molecular weight excluding hydrogens is 348 g/mol. The van der Waals surface area contributed by atoms with Gasteiger partial charge in [-0.05, 0) is 37.3 Å². The molecule has 7 nitrogen and oxygen atoms in total. The summed E-state index contributed by atoms with van der Waals surface area (Å²) in [7, 11) is 1.56. The number of carboxylic acid groups (broad SMARTS) is 1. The number of amides is 2. The maximum atomic E-state index is 13.0. The Balaban J connectivity index is 1.64. The van der Waals surface area contributed by atoms with Crippen LogP contribution in [0.15, 0.2) is 24.3 Å². The molecule has 2 heterocycles. The molecule has 2 fully saturated rings. The van der Waals surface area contributed by atoms with E-state index in [1.165, 1.54) is 0 Å². The van der Waals surface area contributed by atoms with E-state index < -0.39 is 5.97 Å². The topological polar surface area (TPSA) is 87.2 Å². The van der Waals surface area contributed by atoms with Gasteiger partial charge in [-0.3, -0.25) is 14.4 Å². The van der Waals surface area contributed by atoms with Gasteiger partial charge in [-0.2, -0.15) is 0 Å². The smallest absolute Gasteiger partial charge is 0.303 e. The van der Waals surface area contributed by atoms with Crippen LogP contribution in [-0.4, -0.2) is 54.5 Å². The van der Waals surface area contributed by atoms with Gasteiger partial charge in [0.25, 0.3) is 0 Å². The van der Waals surface area contributed by atoms with Crippen LogP contribution in [0.2, 0.25) is 0 Å². The largest absolute Gasteiger partial charge is 0.495 e. The fourth-order valence-electron chi connectivity index (χ4n) is 4.05. The highest BCUT2D eigenvalue weighted by Crippen LogP contribution is 2.34. The van der Waals surface area contributed by atoms with E-state index in [1.807, 2.05) is 23.1 Å². The molecule has 2 atom stereocenters. The maximum absolute atomic E-state index is 13.0. The fraction of sp³-hybridized carbons (Fsp3) is 0.550. The third kappa shape index (κ3) is 4.40. The summed E-state index contributed by atoms with van der Waals surface area (Å²) in [5.41, 5.74) is 0.693. The van der Waals surface area contributed by atoms with Crippen molar-refractivity contribution in [2.45, 2.75) is 32.1 Å². The predicted octanol–water partition coefficient (Wildman–Crippen LogP) is 2.15. The molecule has 0 aromatic heterocycles. The van der Waals surface area contributed by atoms with E-state index in [0.29, 0.717) is 37.5 Å². The number of piperidine rings is 1. The lowest BCUT2D eigenvalue weighted by Gasteiger charge is -2.34. The highest BCUT2D eigenvalue weighted by molar-refractivity contribution is 6.01. The minimum absolute atomic E-state index is 0.000716. The molecule has 0 saturated carbocycles. The number of aliphatic carboxylic acids is 1. The molecule has 1 aromatic rings. The number of anilines is 1. The zero-order valence-corrected chi connectivity index (χ0v) is 15.6. The standard InChI is InChI=1S/C20H26N2O5/c1-27-17-7-3-2-6-16(17)22-13-15(11-18(22)23)20(26)21-10-4-5-14(12-21)8-9-19(24)25/h2-3,6-7,14-15H,4-5,8-13H2,1H3,(H,24,25). The number of carboxylic acids is 1. The van der Waals surface area contributed by atoms with Gasteiger partial charge in [-0.15, -0.1) is 0 Å². The molecule has 0 radical (unpaired) electrons. The zero-order chi connectivity index (χ0) is 19.4. The van der Waals surface area contributed by atoms with E-state index in [1.54, 1.807) is 18.1 Å². The van der Waals surface area contributed by atoms with E-state index in [0.717, 1.165) is 12.8 Å². The first-order valence-electron chi connectivity index (χ1n) is 9.43. The summed E-state index contributed by atoms with van der Waals surface area (Å²) in [5.74, 6) is -0.391. The molecule has 0 bridgehead atoms. The molecule has 2 amide bonds. The van der Waals surface area contributed by atoms with E-state index in [2.05, 4.69) is 0 Å². The van der Waals surface area contributed by atoms with Crippen molar-refractivity contribution in [1.82, 2.24) is 4.90 Å². The number of para-hydroxylation sites is 2. The quantitative estimate of drug-likeness (QED) is 0.824. The van der Waals surface area contributed by atoms with Gasteiger partial charge in [0, 0.05) is 32.5 Å². The lowest BCUT2D eigenvalue weighted by atomic mass is 9.92. The number of carbonyl (C=O) groups excluding carboxylic acids is 2. The number of ether oxygens (including phenoxy) is 1. The van der Waals surface area contributed by atoms with Crippen LogP contribution in [-0.2, 0) is 14.4 Å². The summed E-state index contributed by atoms with van der Waals surface area (Å²) in [6, 6.07) is 7.32. The van der Waals surface area contributed by atoms with Crippen LogP contribution < -0.4 is 9.64 Å². The monoisotopic (exact) mass is 374 g/mol. The first-order valence-corrected chi connectivity index (χ1v) is 9.43. The summed E-state index contributed by atoms with van der Waals surface area (Å²) in [6.07, 6.45) is 2.76. The van der Waals surface area contributed by atoms with E-state index in [-0.39, 0.29) is 36.5 Å². The first-order chi connectivity index (χ1) is 13.0. The number of rotatable bonds is 6. The third-order valence-corrected chi connectivity index (χ3v) is 5.45. The number of hydrogen-bond acceptors (Lipinski definition) is 4. The van der Waals surface area contributed by atoms with E-state index in [9.17, 15) is 14.4 Å². The number of likely N-dealkylation sites (tertiary alicyclic amines) is 1. The Morgan fingerprint density at radius 1 is 1.26 bits per heavy atom. The van der Waals surface area contributed by atoms with Crippen molar-refractivity contribution >= 4 is 23.5 Å². The summed E-state index contributed by atoms with van der Waals surface area (Å²) in [5, 5.41) is 8.87. The molecule has 27 heavy (non-hydrogen) atoms. The van der Waals surface area contributed by atoms with Gasteiger partial charge in [-0.25, -0.2) is 0 Å². The van der Waals surface area contributed by atoms with Crippen molar-refractivity contribution in [3.63, 3.8) is 0 Å². The van der Waals surface area contributed by atoms with E-state index in [4.69, 9.17) is 9.84 Å². The second-order valence-corrected chi connectivity index (χ2v) is 7.30. The van der Waals surface area contributed by atoms with Crippen molar-refractivity contribution in [3.05, 3.63) is 24.3 Å². The Kier molecular flexibility index (Phi) is 5.98. The van der Waals surface area contributed by atoms with Gasteiger partial charge in [0.1, 0.15) is 5.75 Å². The molecule has 1 N–H and O–H groups in total. The Morgan fingerprint density at radius 2 is 2.04 bits per heavy atom. The van der Waals surface area contributed by atoms with Gasteiger partial charge in [0.15, 0.2) is 0 Å². The summed E-state index contributed by atoms with van der Waals surface area (Å²) in [4.78, 5) is 39.7. The number of carbonyl (C=O) groups is 3. The molecule has 146 valence electrons. The van der Waals surface area contributed by atoms with Gasteiger partial charge in [-0.1, -0.05) is 12.1 Å². The lowest BCUT2D eigenvalue weighted by molar-refractivity contribution is -0.138. The molecule has 2 aliphatic heterocycles. The summed E-state index contributed by atoms with van der Waals surface area (Å²) < 4.78 is 5.34. The number of methoxy groups -OCH3 is 1. The normalized spacial score (nSPS) is 22.8. The van der Waals surface area contributed by atoms with Crippen LogP contribution in [0.25, 0.3) is 0 Å². The Labute approximate surface area is 158 Å². The molecule has 7 heteroatoms. The van der Waals surface area contributed by atoms with Crippen molar-refractivity contribution in [2.75, 3.05) is 31.6 Å². The number of nitrogens with zero attached hydrogens (tertiary/aromatic N) is 2. The Hall–Kier alpha value is -2.57. The molecule has 2 saturated heterocycles. The van der Waals surface area contributed by atoms with Crippen molar-refractivity contribution < 1.29 is 24.2 Å². The molecule has 3 rings (SSSR count). The predicted molar refractivity (Wildman–Crippen MR) is 99.6 cm³/mol. The van der Waals surface area contributed by atoms with Crippen molar-refractivity contribution in [2.24, 2.45) is 11.8 Å². The van der Waals surface area contributed by atoms with Crippen LogP contribution in [0.3, 0.4) is 0 Å². The highest BCUT2D eigenvalue weighted by Gasteiger charge is 2.39. The van der Waals surface area contributed by atoms with Crippen LogP contribution >= 0.6 is 0 Å². The van der Waals surface area contributed by atoms with Crippen LogP contribution in [0.4, 0.5) is 5.69 Å². The van der Waals surface area contributed by atoms with Crippen LogP contribution in [0.1, 0.15) is 32.1 Å². The molecule has 1 aromatic carbocycles. The second kappa shape index (κ2) is 8.41. The molecular formula is C20H26N2O5. The maximum Gasteiger partial charge on any atom is 0.303 e. The number of hydrogen-bond donors (Lipinski definition) is 1. The third-order valence-electron chi connectivity index (χ3n) is 5.45. The Bertz CT molecular complexity index is 720. The molecule has 0 aliphatic carbocycles. The van der Waals surface area contributed by atoms with Gasteiger partial charge in [0.05, 0.1) is 18.7 Å². The minimum Gasteiger partial charge on any atom is -0.495 e. The molecule has 2 unspecified atom stereocenters. The fourth-order valence-corrected chi connectivity index (χ4v) is 4.05. The minimum atomic E-state index is -0.799. The average Bonchev–Trinajstić information content (AvgIpc) is 3.07. The van der Waals surface area contributed by atoms with Gasteiger partial charge >= 0.3 is 5.97 Å². The average molecular weight is 374 g/mol. The Morgan fingerprint density at radius 3 is 2.78 bits per heavy atom. The van der Waals surface area contributed by atoms with E-state index >= 15 is 0 Å². The molecule has 2 aliphatic rings. The molecule has 0 spiro atoms.